The maximum Gasteiger partial charge on any atom is 0.243 e. The highest BCUT2D eigenvalue weighted by atomic mass is 19.1. The van der Waals surface area contributed by atoms with E-state index in [9.17, 15) is 14.0 Å². The van der Waals surface area contributed by atoms with Crippen LogP contribution < -0.4 is 5.32 Å². The molecule has 1 saturated carbocycles. The SMILES string of the molecule is CC(C)(C)c1ccc(CCC(=O)N(Cc2ccc(F)cc2)C(Cc2ccccc2)C(=O)NC2CCCCC2)cc1. The Hall–Kier alpha value is -3.47. The van der Waals surface area contributed by atoms with Gasteiger partial charge in [-0.3, -0.25) is 9.59 Å². The molecular formula is C35H43FN2O2. The second kappa shape index (κ2) is 13.7. The first-order valence-corrected chi connectivity index (χ1v) is 14.7. The van der Waals surface area contributed by atoms with Gasteiger partial charge in [0.15, 0.2) is 0 Å². The van der Waals surface area contributed by atoms with Crippen molar-refractivity contribution in [3.63, 3.8) is 0 Å². The lowest BCUT2D eigenvalue weighted by atomic mass is 9.86. The van der Waals surface area contributed by atoms with Crippen LogP contribution in [0.1, 0.15) is 81.5 Å². The Morgan fingerprint density at radius 3 is 2.10 bits per heavy atom. The first-order chi connectivity index (χ1) is 19.2. The number of nitrogens with one attached hydrogen (secondary N) is 1. The lowest BCUT2D eigenvalue weighted by molar-refractivity contribution is -0.141. The number of rotatable bonds is 10. The highest BCUT2D eigenvalue weighted by molar-refractivity contribution is 5.88. The van der Waals surface area contributed by atoms with E-state index in [4.69, 9.17) is 0 Å². The fourth-order valence-electron chi connectivity index (χ4n) is 5.45. The Morgan fingerprint density at radius 2 is 1.48 bits per heavy atom. The summed E-state index contributed by atoms with van der Waals surface area (Å²) in [5, 5.41) is 3.27. The largest absolute Gasteiger partial charge is 0.352 e. The van der Waals surface area contributed by atoms with Gasteiger partial charge in [0.2, 0.25) is 11.8 Å². The molecule has 1 N–H and O–H groups in total. The number of benzene rings is 3. The van der Waals surface area contributed by atoms with Crippen LogP contribution in [0.5, 0.6) is 0 Å². The Morgan fingerprint density at radius 1 is 0.850 bits per heavy atom. The molecule has 1 fully saturated rings. The van der Waals surface area contributed by atoms with E-state index >= 15 is 0 Å². The number of hydrogen-bond acceptors (Lipinski definition) is 2. The number of nitrogens with zero attached hydrogens (tertiary/aromatic N) is 1. The van der Waals surface area contributed by atoms with Crippen LogP contribution in [0.3, 0.4) is 0 Å². The van der Waals surface area contributed by atoms with E-state index in [0.717, 1.165) is 42.4 Å². The minimum atomic E-state index is -0.662. The molecule has 0 spiro atoms. The van der Waals surface area contributed by atoms with Gasteiger partial charge in [0.05, 0.1) is 0 Å². The zero-order chi connectivity index (χ0) is 28.5. The van der Waals surface area contributed by atoms with Gasteiger partial charge in [0.25, 0.3) is 0 Å². The lowest BCUT2D eigenvalue weighted by Gasteiger charge is -2.33. The lowest BCUT2D eigenvalue weighted by Crippen LogP contribution is -2.52. The van der Waals surface area contributed by atoms with E-state index < -0.39 is 6.04 Å². The summed E-state index contributed by atoms with van der Waals surface area (Å²) in [4.78, 5) is 29.5. The average Bonchev–Trinajstić information content (AvgIpc) is 2.95. The summed E-state index contributed by atoms with van der Waals surface area (Å²) in [6, 6.07) is 24.0. The van der Waals surface area contributed by atoms with Crippen LogP contribution in [0.25, 0.3) is 0 Å². The fraction of sp³-hybridized carbons (Fsp3) is 0.429. The van der Waals surface area contributed by atoms with Crippen molar-refractivity contribution in [2.24, 2.45) is 0 Å². The van der Waals surface area contributed by atoms with E-state index in [1.807, 2.05) is 30.3 Å². The molecule has 0 bridgehead atoms. The molecule has 1 aliphatic carbocycles. The predicted octanol–water partition coefficient (Wildman–Crippen LogP) is 7.14. The maximum absolute atomic E-state index is 13.9. The van der Waals surface area contributed by atoms with Crippen molar-refractivity contribution >= 4 is 11.8 Å². The third-order valence-corrected chi connectivity index (χ3v) is 7.94. The molecule has 5 heteroatoms. The molecule has 3 aromatic rings. The Bertz CT molecular complexity index is 1230. The Kier molecular flexibility index (Phi) is 10.1. The zero-order valence-corrected chi connectivity index (χ0v) is 24.2. The Labute approximate surface area is 239 Å². The van der Waals surface area contributed by atoms with Crippen molar-refractivity contribution in [3.8, 4) is 0 Å². The minimum absolute atomic E-state index is 0.0661. The molecule has 0 saturated heterocycles. The third kappa shape index (κ3) is 8.51. The van der Waals surface area contributed by atoms with Crippen LogP contribution >= 0.6 is 0 Å². The van der Waals surface area contributed by atoms with Crippen molar-refractivity contribution < 1.29 is 14.0 Å². The Balaban J connectivity index is 1.58. The standard InChI is InChI=1S/C35H43FN2O2/c1-35(2,3)29-19-14-26(15-20-29)18-23-33(39)38(25-28-16-21-30(36)22-17-28)32(24-27-10-6-4-7-11-27)34(40)37-31-12-8-5-9-13-31/h4,6-7,10-11,14-17,19-22,31-32H,5,8-9,12-13,18,23-25H2,1-3H3,(H,37,40). The molecule has 0 aromatic heterocycles. The molecule has 1 aliphatic rings. The van der Waals surface area contributed by atoms with Gasteiger partial charge in [-0.2, -0.15) is 0 Å². The topological polar surface area (TPSA) is 49.4 Å². The number of carbonyl (C=O) groups excluding carboxylic acids is 2. The van der Waals surface area contributed by atoms with Gasteiger partial charge in [0.1, 0.15) is 11.9 Å². The summed E-state index contributed by atoms with van der Waals surface area (Å²) in [6.07, 6.45) is 6.67. The van der Waals surface area contributed by atoms with Gasteiger partial charge in [-0.15, -0.1) is 0 Å². The molecule has 1 unspecified atom stereocenters. The molecule has 0 heterocycles. The van der Waals surface area contributed by atoms with E-state index in [1.54, 1.807) is 17.0 Å². The van der Waals surface area contributed by atoms with Crippen molar-refractivity contribution in [2.75, 3.05) is 0 Å². The van der Waals surface area contributed by atoms with Crippen molar-refractivity contribution in [2.45, 2.75) is 96.2 Å². The maximum atomic E-state index is 13.9. The fourth-order valence-corrected chi connectivity index (χ4v) is 5.45. The number of amides is 2. The molecule has 40 heavy (non-hydrogen) atoms. The van der Waals surface area contributed by atoms with Gasteiger partial charge < -0.3 is 10.2 Å². The molecule has 4 nitrogen and oxygen atoms in total. The zero-order valence-electron chi connectivity index (χ0n) is 24.2. The average molecular weight is 543 g/mol. The summed E-state index contributed by atoms with van der Waals surface area (Å²) in [5.74, 6) is -0.513. The van der Waals surface area contributed by atoms with E-state index in [1.165, 1.54) is 24.1 Å². The van der Waals surface area contributed by atoms with Gasteiger partial charge in [-0.1, -0.05) is 107 Å². The quantitative estimate of drug-likeness (QED) is 0.296. The number of carbonyl (C=O) groups is 2. The van der Waals surface area contributed by atoms with Gasteiger partial charge in [-0.25, -0.2) is 4.39 Å². The van der Waals surface area contributed by atoms with E-state index in [0.29, 0.717) is 12.8 Å². The normalized spacial score (nSPS) is 14.9. The highest BCUT2D eigenvalue weighted by Gasteiger charge is 2.31. The van der Waals surface area contributed by atoms with E-state index in [-0.39, 0.29) is 42.1 Å². The highest BCUT2D eigenvalue weighted by Crippen LogP contribution is 2.24. The van der Waals surface area contributed by atoms with Crippen LogP contribution in [-0.2, 0) is 34.4 Å². The first-order valence-electron chi connectivity index (χ1n) is 14.7. The van der Waals surface area contributed by atoms with Crippen LogP contribution in [0, 0.1) is 5.82 Å². The second-order valence-electron chi connectivity index (χ2n) is 12.1. The van der Waals surface area contributed by atoms with Gasteiger partial charge >= 0.3 is 0 Å². The smallest absolute Gasteiger partial charge is 0.243 e. The number of halogens is 1. The van der Waals surface area contributed by atoms with Crippen LogP contribution in [0.4, 0.5) is 4.39 Å². The first kappa shape index (κ1) is 29.5. The molecule has 4 rings (SSSR count). The molecule has 2 amide bonds. The summed E-state index contributed by atoms with van der Waals surface area (Å²) >= 11 is 0. The monoisotopic (exact) mass is 542 g/mol. The minimum Gasteiger partial charge on any atom is -0.352 e. The molecule has 212 valence electrons. The summed E-state index contributed by atoms with van der Waals surface area (Å²) in [5.41, 5.74) is 4.21. The van der Waals surface area contributed by atoms with Crippen LogP contribution in [-0.4, -0.2) is 28.8 Å². The van der Waals surface area contributed by atoms with Crippen molar-refractivity contribution in [3.05, 3.63) is 107 Å². The summed E-state index contributed by atoms with van der Waals surface area (Å²) in [7, 11) is 0. The van der Waals surface area contributed by atoms with Crippen LogP contribution in [0.2, 0.25) is 0 Å². The van der Waals surface area contributed by atoms with Gasteiger partial charge in [-0.05, 0) is 59.1 Å². The van der Waals surface area contributed by atoms with E-state index in [2.05, 4.69) is 50.4 Å². The van der Waals surface area contributed by atoms with Crippen molar-refractivity contribution in [1.82, 2.24) is 10.2 Å². The second-order valence-corrected chi connectivity index (χ2v) is 12.1. The van der Waals surface area contributed by atoms with Crippen molar-refractivity contribution in [1.29, 1.82) is 0 Å². The summed E-state index contributed by atoms with van der Waals surface area (Å²) < 4.78 is 13.7. The predicted molar refractivity (Wildman–Crippen MR) is 159 cm³/mol. The van der Waals surface area contributed by atoms with Gasteiger partial charge in [0, 0.05) is 25.4 Å². The van der Waals surface area contributed by atoms with Crippen LogP contribution in [0.15, 0.2) is 78.9 Å². The third-order valence-electron chi connectivity index (χ3n) is 7.94. The molecule has 0 aliphatic heterocycles. The molecule has 0 radical (unpaired) electrons. The molecular weight excluding hydrogens is 499 g/mol. The summed E-state index contributed by atoms with van der Waals surface area (Å²) in [6.45, 7) is 6.80. The number of hydrogen-bond donors (Lipinski definition) is 1. The number of aryl methyl sites for hydroxylation is 1. The molecule has 1 atom stereocenters. The molecule has 3 aromatic carbocycles.